The minimum Gasteiger partial charge on any atom is -0.494 e. The molecule has 1 N–H and O–H groups in total. The highest BCUT2D eigenvalue weighted by Gasteiger charge is 2.33. The quantitative estimate of drug-likeness (QED) is 0.838. The van der Waals surface area contributed by atoms with Crippen molar-refractivity contribution in [3.63, 3.8) is 0 Å². The van der Waals surface area contributed by atoms with Gasteiger partial charge in [0.1, 0.15) is 5.75 Å². The van der Waals surface area contributed by atoms with Crippen LogP contribution in [0.4, 0.5) is 0 Å². The molecule has 1 saturated heterocycles. The Morgan fingerprint density at radius 1 is 1.36 bits per heavy atom. The van der Waals surface area contributed by atoms with Gasteiger partial charge in [0.05, 0.1) is 18.4 Å². The van der Waals surface area contributed by atoms with Crippen molar-refractivity contribution in [1.29, 1.82) is 0 Å². The molecule has 5 heteroatoms. The summed E-state index contributed by atoms with van der Waals surface area (Å²) in [6.07, 6.45) is 1.24. The average Bonchev–Trinajstić information content (AvgIpc) is 3.13. The zero-order chi connectivity index (χ0) is 17.8. The van der Waals surface area contributed by atoms with Gasteiger partial charge < -0.3 is 14.8 Å². The molecule has 0 radical (unpaired) electrons. The van der Waals surface area contributed by atoms with Gasteiger partial charge in [-0.25, -0.2) is 0 Å². The van der Waals surface area contributed by atoms with Crippen molar-refractivity contribution in [2.24, 2.45) is 13.0 Å². The molecular weight excluding hydrogens is 314 g/mol. The van der Waals surface area contributed by atoms with E-state index in [1.54, 1.807) is 0 Å². The Hall–Kier alpha value is -1.85. The summed E-state index contributed by atoms with van der Waals surface area (Å²) in [4.78, 5) is 0. The third kappa shape index (κ3) is 4.05. The molecule has 0 spiro atoms. The number of hydrogen-bond donors (Lipinski definition) is 1. The summed E-state index contributed by atoms with van der Waals surface area (Å²) >= 11 is 0. The molecule has 3 rings (SSSR count). The van der Waals surface area contributed by atoms with Gasteiger partial charge in [0.2, 0.25) is 0 Å². The van der Waals surface area contributed by atoms with E-state index >= 15 is 0 Å². The van der Waals surface area contributed by atoms with Crippen LogP contribution in [0, 0.1) is 19.8 Å². The van der Waals surface area contributed by atoms with Crippen molar-refractivity contribution in [3.05, 3.63) is 46.8 Å². The first-order chi connectivity index (χ1) is 12.1. The first-order valence-electron chi connectivity index (χ1n) is 9.14. The molecule has 25 heavy (non-hydrogen) atoms. The molecule has 0 bridgehead atoms. The van der Waals surface area contributed by atoms with Crippen LogP contribution in [-0.2, 0) is 18.3 Å². The summed E-state index contributed by atoms with van der Waals surface area (Å²) in [7, 11) is 2.00. The molecule has 1 fully saturated rings. The lowest BCUT2D eigenvalue weighted by atomic mass is 9.94. The number of ether oxygens (including phenoxy) is 2. The van der Waals surface area contributed by atoms with Gasteiger partial charge in [-0.15, -0.1) is 0 Å². The fourth-order valence-electron chi connectivity index (χ4n) is 3.68. The van der Waals surface area contributed by atoms with Crippen molar-refractivity contribution in [2.45, 2.75) is 39.8 Å². The summed E-state index contributed by atoms with van der Waals surface area (Å²) in [6, 6.07) is 8.29. The Bertz CT molecular complexity index is 711. The van der Waals surface area contributed by atoms with Crippen molar-refractivity contribution in [2.75, 3.05) is 19.8 Å². The third-order valence-electron chi connectivity index (χ3n) is 5.01. The minimum atomic E-state index is 0.149. The number of benzene rings is 1. The van der Waals surface area contributed by atoms with Gasteiger partial charge in [-0.1, -0.05) is 12.1 Å². The first kappa shape index (κ1) is 18.0. The van der Waals surface area contributed by atoms with Crippen molar-refractivity contribution in [1.82, 2.24) is 15.1 Å². The molecule has 2 atom stereocenters. The molecule has 136 valence electrons. The number of rotatable bonds is 7. The van der Waals surface area contributed by atoms with Crippen LogP contribution < -0.4 is 10.1 Å². The molecule has 2 heterocycles. The zero-order valence-corrected chi connectivity index (χ0v) is 15.7. The molecule has 1 aromatic carbocycles. The maximum absolute atomic E-state index is 6.07. The highest BCUT2D eigenvalue weighted by Crippen LogP contribution is 2.37. The summed E-state index contributed by atoms with van der Waals surface area (Å²) in [5, 5.41) is 8.14. The van der Waals surface area contributed by atoms with Gasteiger partial charge in [0.25, 0.3) is 0 Å². The molecule has 0 saturated carbocycles. The van der Waals surface area contributed by atoms with Crippen LogP contribution in [0.3, 0.4) is 0 Å². The average molecular weight is 343 g/mol. The van der Waals surface area contributed by atoms with Gasteiger partial charge in [-0.3, -0.25) is 4.68 Å². The van der Waals surface area contributed by atoms with Gasteiger partial charge in [0.15, 0.2) is 0 Å². The third-order valence-corrected chi connectivity index (χ3v) is 5.01. The van der Waals surface area contributed by atoms with Crippen LogP contribution in [0.5, 0.6) is 5.75 Å². The van der Waals surface area contributed by atoms with E-state index in [2.05, 4.69) is 36.4 Å². The highest BCUT2D eigenvalue weighted by molar-refractivity contribution is 5.29. The predicted molar refractivity (Wildman–Crippen MR) is 98.8 cm³/mol. The number of hydrogen-bond acceptors (Lipinski definition) is 4. The lowest BCUT2D eigenvalue weighted by Gasteiger charge is -2.20. The SMILES string of the molecule is CCOc1cccc(CNC[C@H]2CCO[C@@H]2c2c(C)nn(C)c2C)c1. The Labute approximate surface area is 150 Å². The summed E-state index contributed by atoms with van der Waals surface area (Å²) in [5.74, 6) is 1.42. The Morgan fingerprint density at radius 2 is 2.20 bits per heavy atom. The van der Waals surface area contributed by atoms with E-state index in [4.69, 9.17) is 9.47 Å². The number of aromatic nitrogens is 2. The smallest absolute Gasteiger partial charge is 0.119 e. The molecule has 2 aromatic rings. The second kappa shape index (κ2) is 8.02. The Kier molecular flexibility index (Phi) is 5.76. The number of aryl methyl sites for hydroxylation is 2. The van der Waals surface area contributed by atoms with E-state index < -0.39 is 0 Å². The first-order valence-corrected chi connectivity index (χ1v) is 9.14. The molecule has 0 unspecified atom stereocenters. The van der Waals surface area contributed by atoms with Crippen molar-refractivity contribution >= 4 is 0 Å². The van der Waals surface area contributed by atoms with Crippen molar-refractivity contribution < 1.29 is 9.47 Å². The molecule has 0 aliphatic carbocycles. The molecule has 1 aliphatic heterocycles. The number of nitrogens with zero attached hydrogens (tertiary/aromatic N) is 2. The van der Waals surface area contributed by atoms with Gasteiger partial charge >= 0.3 is 0 Å². The topological polar surface area (TPSA) is 48.3 Å². The van der Waals surface area contributed by atoms with Gasteiger partial charge in [0, 0.05) is 43.9 Å². The fraction of sp³-hybridized carbons (Fsp3) is 0.550. The minimum absolute atomic E-state index is 0.149. The van der Waals surface area contributed by atoms with Crippen LogP contribution in [-0.4, -0.2) is 29.5 Å². The van der Waals surface area contributed by atoms with Crippen LogP contribution in [0.25, 0.3) is 0 Å². The largest absolute Gasteiger partial charge is 0.494 e. The molecule has 1 aliphatic rings. The van der Waals surface area contributed by atoms with Crippen LogP contribution in [0.2, 0.25) is 0 Å². The van der Waals surface area contributed by atoms with E-state index in [1.807, 2.05) is 30.8 Å². The second-order valence-corrected chi connectivity index (χ2v) is 6.76. The maximum Gasteiger partial charge on any atom is 0.119 e. The highest BCUT2D eigenvalue weighted by atomic mass is 16.5. The standard InChI is InChI=1S/C20H29N3O2/c1-5-24-18-8-6-7-16(11-18)12-21-13-17-9-10-25-20(17)19-14(2)22-23(4)15(19)3/h6-8,11,17,20-21H,5,9-10,12-13H2,1-4H3/t17-,20+/m1/s1. The van der Waals surface area contributed by atoms with Gasteiger partial charge in [-0.05, 0) is 44.9 Å². The van der Waals surface area contributed by atoms with Crippen LogP contribution in [0.1, 0.15) is 42.0 Å². The molecule has 1 aromatic heterocycles. The van der Waals surface area contributed by atoms with E-state index in [0.29, 0.717) is 12.5 Å². The molecular formula is C20H29N3O2. The second-order valence-electron chi connectivity index (χ2n) is 6.76. The van der Waals surface area contributed by atoms with E-state index in [9.17, 15) is 0 Å². The van der Waals surface area contributed by atoms with Crippen LogP contribution >= 0.6 is 0 Å². The Balaban J connectivity index is 1.60. The van der Waals surface area contributed by atoms with Crippen LogP contribution in [0.15, 0.2) is 24.3 Å². The maximum atomic E-state index is 6.07. The lowest BCUT2D eigenvalue weighted by molar-refractivity contribution is 0.0893. The summed E-state index contributed by atoms with van der Waals surface area (Å²) in [5.41, 5.74) is 4.81. The summed E-state index contributed by atoms with van der Waals surface area (Å²) in [6.45, 7) is 9.51. The summed E-state index contributed by atoms with van der Waals surface area (Å²) < 4.78 is 13.6. The van der Waals surface area contributed by atoms with Gasteiger partial charge in [-0.2, -0.15) is 5.10 Å². The van der Waals surface area contributed by atoms with E-state index in [-0.39, 0.29) is 6.10 Å². The normalized spacial score (nSPS) is 20.2. The zero-order valence-electron chi connectivity index (χ0n) is 15.7. The van der Waals surface area contributed by atoms with E-state index in [1.165, 1.54) is 16.8 Å². The molecule has 5 nitrogen and oxygen atoms in total. The number of nitrogens with one attached hydrogen (secondary N) is 1. The Morgan fingerprint density at radius 3 is 2.92 bits per heavy atom. The lowest BCUT2D eigenvalue weighted by Crippen LogP contribution is -2.25. The monoisotopic (exact) mass is 343 g/mol. The predicted octanol–water partition coefficient (Wildman–Crippen LogP) is 3.30. The molecule has 0 amide bonds. The van der Waals surface area contributed by atoms with Crippen molar-refractivity contribution in [3.8, 4) is 5.75 Å². The fourth-order valence-corrected chi connectivity index (χ4v) is 3.68. The van der Waals surface area contributed by atoms with E-state index in [0.717, 1.165) is 37.6 Å².